The van der Waals surface area contributed by atoms with Crippen molar-refractivity contribution in [2.45, 2.75) is 28.8 Å². The first-order valence-corrected chi connectivity index (χ1v) is 11.4. The smallest absolute Gasteiger partial charge is 0.252 e. The van der Waals surface area contributed by atoms with Gasteiger partial charge in [0, 0.05) is 42.9 Å². The van der Waals surface area contributed by atoms with Gasteiger partial charge in [-0.2, -0.15) is 0 Å². The first-order valence-electron chi connectivity index (χ1n) is 9.90. The van der Waals surface area contributed by atoms with Gasteiger partial charge < -0.3 is 20.1 Å². The average Bonchev–Trinajstić information content (AvgIpc) is 2.73. The van der Waals surface area contributed by atoms with E-state index >= 15 is 0 Å². The number of rotatable bonds is 3. The van der Waals surface area contributed by atoms with Crippen molar-refractivity contribution in [3.8, 4) is 0 Å². The minimum absolute atomic E-state index is 0.0289. The van der Waals surface area contributed by atoms with Crippen LogP contribution in [0.3, 0.4) is 0 Å². The van der Waals surface area contributed by atoms with Crippen molar-refractivity contribution in [2.75, 3.05) is 13.1 Å². The van der Waals surface area contributed by atoms with Crippen LogP contribution < -0.4 is 16.2 Å². The molecule has 2 aromatic rings. The number of pyridine rings is 1. The van der Waals surface area contributed by atoms with Crippen molar-refractivity contribution in [2.24, 2.45) is 5.92 Å². The van der Waals surface area contributed by atoms with E-state index in [9.17, 15) is 9.59 Å². The number of likely N-dealkylation sites (tertiary alicyclic amines) is 1. The van der Waals surface area contributed by atoms with Crippen LogP contribution in [0.2, 0.25) is 0 Å². The zero-order chi connectivity index (χ0) is 22.2. The van der Waals surface area contributed by atoms with Crippen molar-refractivity contribution in [1.29, 1.82) is 0 Å². The molecule has 3 atom stereocenters. The normalized spacial score (nSPS) is 21.1. The van der Waals surface area contributed by atoms with Crippen LogP contribution in [0, 0.1) is 5.92 Å². The van der Waals surface area contributed by atoms with E-state index < -0.39 is 9.96 Å². The molecule has 1 saturated heterocycles. The SMILES string of the molecule is O=C(N[C@H](NC(=S)N1C[C@H]2C[C@@H](C1)c1cccc(=O)n1C2)C(Cl)(Cl)Cl)c1ccccc1. The minimum Gasteiger partial charge on any atom is -0.348 e. The summed E-state index contributed by atoms with van der Waals surface area (Å²) in [5.74, 6) is 0.0959. The van der Waals surface area contributed by atoms with E-state index in [2.05, 4.69) is 10.6 Å². The number of hydrogen-bond donors (Lipinski definition) is 2. The number of carbonyl (C=O) groups is 1. The molecule has 1 aromatic carbocycles. The third-order valence-corrected chi connectivity index (χ3v) is 6.70. The average molecular weight is 500 g/mol. The Labute approximate surface area is 200 Å². The summed E-state index contributed by atoms with van der Waals surface area (Å²) in [7, 11) is 0. The van der Waals surface area contributed by atoms with Gasteiger partial charge >= 0.3 is 0 Å². The summed E-state index contributed by atoms with van der Waals surface area (Å²) in [4.78, 5) is 26.8. The Hall–Kier alpha value is -1.80. The number of aromatic nitrogens is 1. The zero-order valence-electron chi connectivity index (χ0n) is 16.4. The Morgan fingerprint density at radius 3 is 2.48 bits per heavy atom. The Morgan fingerprint density at radius 2 is 1.77 bits per heavy atom. The van der Waals surface area contributed by atoms with E-state index in [0.717, 1.165) is 12.1 Å². The molecule has 1 fully saturated rings. The van der Waals surface area contributed by atoms with Crippen molar-refractivity contribution in [3.05, 3.63) is 70.1 Å². The molecule has 0 unspecified atom stereocenters. The number of amides is 1. The van der Waals surface area contributed by atoms with E-state index in [0.29, 0.717) is 30.3 Å². The molecule has 1 aromatic heterocycles. The number of benzene rings is 1. The number of hydrogen-bond acceptors (Lipinski definition) is 3. The Balaban J connectivity index is 1.47. The number of nitrogens with one attached hydrogen (secondary N) is 2. The van der Waals surface area contributed by atoms with Crippen LogP contribution in [-0.2, 0) is 6.54 Å². The summed E-state index contributed by atoms with van der Waals surface area (Å²) in [5.41, 5.74) is 1.50. The minimum atomic E-state index is -1.82. The summed E-state index contributed by atoms with van der Waals surface area (Å²) in [6.45, 7) is 1.98. The van der Waals surface area contributed by atoms with E-state index in [-0.39, 0.29) is 23.3 Å². The van der Waals surface area contributed by atoms with Crippen LogP contribution in [0.4, 0.5) is 0 Å². The molecule has 0 spiro atoms. The lowest BCUT2D eigenvalue weighted by Crippen LogP contribution is -2.60. The number of fused-ring (bicyclic) bond motifs is 4. The summed E-state index contributed by atoms with van der Waals surface area (Å²) < 4.78 is 0.0386. The second-order valence-electron chi connectivity index (χ2n) is 7.87. The highest BCUT2D eigenvalue weighted by molar-refractivity contribution is 7.80. The van der Waals surface area contributed by atoms with Crippen LogP contribution in [0.25, 0.3) is 0 Å². The molecule has 1 amide bonds. The fraction of sp³-hybridized carbons (Fsp3) is 0.381. The van der Waals surface area contributed by atoms with Gasteiger partial charge in [0.1, 0.15) is 6.17 Å². The predicted molar refractivity (Wildman–Crippen MR) is 127 cm³/mol. The third kappa shape index (κ3) is 5.00. The van der Waals surface area contributed by atoms with Crippen LogP contribution in [0.1, 0.15) is 28.4 Å². The molecule has 4 rings (SSSR count). The van der Waals surface area contributed by atoms with Crippen molar-refractivity contribution in [3.63, 3.8) is 0 Å². The van der Waals surface area contributed by atoms with Gasteiger partial charge in [-0.15, -0.1) is 0 Å². The lowest BCUT2D eigenvalue weighted by molar-refractivity contribution is 0.0932. The van der Waals surface area contributed by atoms with Gasteiger partial charge in [0.2, 0.25) is 3.79 Å². The first-order chi connectivity index (χ1) is 14.7. The molecule has 31 heavy (non-hydrogen) atoms. The molecule has 0 aliphatic carbocycles. The van der Waals surface area contributed by atoms with E-state index in [1.54, 1.807) is 36.4 Å². The largest absolute Gasteiger partial charge is 0.348 e. The van der Waals surface area contributed by atoms with Gasteiger partial charge in [0.25, 0.3) is 11.5 Å². The molecule has 2 aliphatic rings. The lowest BCUT2D eigenvalue weighted by Gasteiger charge is -2.44. The molecule has 164 valence electrons. The number of carbonyl (C=O) groups excluding carboxylic acids is 1. The quantitative estimate of drug-likeness (QED) is 0.385. The topological polar surface area (TPSA) is 66.4 Å². The van der Waals surface area contributed by atoms with Crippen molar-refractivity contribution in [1.82, 2.24) is 20.1 Å². The molecule has 10 heteroatoms. The molecule has 0 saturated carbocycles. The van der Waals surface area contributed by atoms with Crippen molar-refractivity contribution < 1.29 is 4.79 Å². The Morgan fingerprint density at radius 1 is 1.03 bits per heavy atom. The van der Waals surface area contributed by atoms with Gasteiger partial charge in [0.05, 0.1) is 0 Å². The van der Waals surface area contributed by atoms with Crippen LogP contribution >= 0.6 is 47.0 Å². The maximum Gasteiger partial charge on any atom is 0.252 e. The molecule has 3 heterocycles. The number of thiocarbonyl (C=S) groups is 1. The second kappa shape index (κ2) is 8.98. The molecule has 6 nitrogen and oxygen atoms in total. The van der Waals surface area contributed by atoms with Crippen LogP contribution in [0.15, 0.2) is 53.3 Å². The summed E-state index contributed by atoms with van der Waals surface area (Å²) >= 11 is 24.0. The van der Waals surface area contributed by atoms with E-state index in [1.165, 1.54) is 0 Å². The number of halogens is 3. The maximum absolute atomic E-state index is 12.6. The van der Waals surface area contributed by atoms with E-state index in [4.69, 9.17) is 47.0 Å². The van der Waals surface area contributed by atoms with Gasteiger partial charge in [-0.05, 0) is 42.8 Å². The fourth-order valence-electron chi connectivity index (χ4n) is 4.28. The van der Waals surface area contributed by atoms with E-state index in [1.807, 2.05) is 21.6 Å². The van der Waals surface area contributed by atoms with Gasteiger partial charge in [0.15, 0.2) is 5.11 Å². The highest BCUT2D eigenvalue weighted by Gasteiger charge is 2.39. The number of piperidine rings is 1. The summed E-state index contributed by atoms with van der Waals surface area (Å²) in [6, 6.07) is 14.1. The molecule has 0 radical (unpaired) electrons. The molecule has 2 aliphatic heterocycles. The summed E-state index contributed by atoms with van der Waals surface area (Å²) in [6.07, 6.45) is -0.0179. The fourth-order valence-corrected chi connectivity index (χ4v) is 4.88. The first kappa shape index (κ1) is 22.4. The molecular formula is C21H21Cl3N4O2S. The van der Waals surface area contributed by atoms with Gasteiger partial charge in [-0.25, -0.2) is 0 Å². The Bertz CT molecular complexity index is 1040. The lowest BCUT2D eigenvalue weighted by atomic mass is 9.83. The van der Waals surface area contributed by atoms with Gasteiger partial charge in [-0.1, -0.05) is 59.1 Å². The Kier molecular flexibility index (Phi) is 6.49. The van der Waals surface area contributed by atoms with Crippen molar-refractivity contribution >= 4 is 58.0 Å². The number of alkyl halides is 3. The van der Waals surface area contributed by atoms with Crippen LogP contribution in [-0.4, -0.2) is 43.5 Å². The second-order valence-corrected chi connectivity index (χ2v) is 10.6. The van der Waals surface area contributed by atoms with Gasteiger partial charge in [-0.3, -0.25) is 9.59 Å². The molecule has 2 bridgehead atoms. The zero-order valence-corrected chi connectivity index (χ0v) is 19.5. The highest BCUT2D eigenvalue weighted by Crippen LogP contribution is 2.35. The third-order valence-electron chi connectivity index (χ3n) is 5.67. The molecule has 2 N–H and O–H groups in total. The monoisotopic (exact) mass is 498 g/mol. The highest BCUT2D eigenvalue weighted by atomic mass is 35.6. The van der Waals surface area contributed by atoms with Crippen LogP contribution in [0.5, 0.6) is 0 Å². The maximum atomic E-state index is 12.6. The summed E-state index contributed by atoms with van der Waals surface area (Å²) in [5, 5.41) is 6.12. The standard InChI is InChI=1S/C21H21Cl3N4O2S/c22-21(23,24)19(25-18(30)14-5-2-1-3-6-14)26-20(31)27-10-13-9-15(12-27)16-7-4-8-17(29)28(16)11-13/h1-8,13,15,19H,9-12H2,(H,25,30)(H,26,31)/t13-,15+,19-/m1/s1. The molecular weight excluding hydrogens is 479 g/mol. The predicted octanol–water partition coefficient (Wildman–Crippen LogP) is 3.27. The number of nitrogens with zero attached hydrogens (tertiary/aromatic N) is 2.